The SMILES string of the molecule is Cc1cc(C2CN(c3cncc(OCC4CCCC4)n3)C2)no1. The Morgan fingerprint density at radius 3 is 2.83 bits per heavy atom. The van der Waals surface area contributed by atoms with Gasteiger partial charge in [-0.2, -0.15) is 4.98 Å². The van der Waals surface area contributed by atoms with E-state index in [9.17, 15) is 0 Å². The van der Waals surface area contributed by atoms with Gasteiger partial charge in [-0.3, -0.25) is 4.98 Å². The lowest BCUT2D eigenvalue weighted by Crippen LogP contribution is -2.45. The highest BCUT2D eigenvalue weighted by molar-refractivity contribution is 5.43. The molecule has 6 nitrogen and oxygen atoms in total. The molecule has 2 aliphatic rings. The summed E-state index contributed by atoms with van der Waals surface area (Å²) in [5.41, 5.74) is 1.03. The summed E-state index contributed by atoms with van der Waals surface area (Å²) in [4.78, 5) is 11.1. The molecule has 1 aliphatic heterocycles. The summed E-state index contributed by atoms with van der Waals surface area (Å²) in [5, 5.41) is 4.09. The minimum absolute atomic E-state index is 0.414. The number of rotatable bonds is 5. The predicted molar refractivity (Wildman–Crippen MR) is 85.7 cm³/mol. The van der Waals surface area contributed by atoms with Gasteiger partial charge in [-0.15, -0.1) is 0 Å². The molecule has 3 heterocycles. The molecule has 0 N–H and O–H groups in total. The molecule has 1 saturated carbocycles. The van der Waals surface area contributed by atoms with E-state index in [0.29, 0.717) is 17.7 Å². The van der Waals surface area contributed by atoms with Crippen LogP contribution in [-0.4, -0.2) is 34.8 Å². The van der Waals surface area contributed by atoms with E-state index >= 15 is 0 Å². The van der Waals surface area contributed by atoms with Crippen molar-refractivity contribution in [2.75, 3.05) is 24.6 Å². The quantitative estimate of drug-likeness (QED) is 0.845. The molecule has 0 spiro atoms. The van der Waals surface area contributed by atoms with Crippen molar-refractivity contribution in [3.8, 4) is 5.88 Å². The van der Waals surface area contributed by atoms with Gasteiger partial charge in [0.2, 0.25) is 5.88 Å². The fourth-order valence-corrected chi connectivity index (χ4v) is 3.37. The molecule has 6 heteroatoms. The molecule has 0 amide bonds. The highest BCUT2D eigenvalue weighted by atomic mass is 16.5. The topological polar surface area (TPSA) is 64.3 Å². The fraction of sp³-hybridized carbons (Fsp3) is 0.588. The van der Waals surface area contributed by atoms with E-state index in [1.807, 2.05) is 13.0 Å². The van der Waals surface area contributed by atoms with Gasteiger partial charge in [-0.05, 0) is 25.7 Å². The molecule has 0 radical (unpaired) electrons. The fourth-order valence-electron chi connectivity index (χ4n) is 3.37. The highest BCUT2D eigenvalue weighted by Gasteiger charge is 2.31. The summed E-state index contributed by atoms with van der Waals surface area (Å²) in [6.07, 6.45) is 8.71. The van der Waals surface area contributed by atoms with Crippen molar-refractivity contribution in [1.82, 2.24) is 15.1 Å². The highest BCUT2D eigenvalue weighted by Crippen LogP contribution is 2.31. The average Bonchev–Trinajstić information content (AvgIpc) is 3.16. The van der Waals surface area contributed by atoms with Gasteiger partial charge in [0.25, 0.3) is 0 Å². The summed E-state index contributed by atoms with van der Waals surface area (Å²) >= 11 is 0. The van der Waals surface area contributed by atoms with Crippen molar-refractivity contribution in [3.05, 3.63) is 29.9 Å². The Morgan fingerprint density at radius 2 is 2.09 bits per heavy atom. The monoisotopic (exact) mass is 314 g/mol. The number of hydrogen-bond acceptors (Lipinski definition) is 6. The van der Waals surface area contributed by atoms with Gasteiger partial charge >= 0.3 is 0 Å². The van der Waals surface area contributed by atoms with Crippen molar-refractivity contribution in [2.45, 2.75) is 38.5 Å². The summed E-state index contributed by atoms with van der Waals surface area (Å²) in [6, 6.07) is 2.01. The lowest BCUT2D eigenvalue weighted by atomic mass is 9.96. The Kier molecular flexibility index (Phi) is 3.89. The van der Waals surface area contributed by atoms with E-state index in [-0.39, 0.29) is 0 Å². The zero-order valence-electron chi connectivity index (χ0n) is 13.4. The summed E-state index contributed by atoms with van der Waals surface area (Å²) < 4.78 is 11.0. The van der Waals surface area contributed by atoms with Gasteiger partial charge in [0.15, 0.2) is 5.82 Å². The molecule has 122 valence electrons. The second-order valence-corrected chi connectivity index (χ2v) is 6.64. The molecule has 0 aromatic carbocycles. The molecule has 0 unspecified atom stereocenters. The van der Waals surface area contributed by atoms with Crippen LogP contribution in [0.3, 0.4) is 0 Å². The third-order valence-corrected chi connectivity index (χ3v) is 4.81. The van der Waals surface area contributed by atoms with E-state index in [1.165, 1.54) is 25.7 Å². The van der Waals surface area contributed by atoms with Crippen LogP contribution < -0.4 is 9.64 Å². The van der Waals surface area contributed by atoms with Gasteiger partial charge in [0.05, 0.1) is 24.7 Å². The summed E-state index contributed by atoms with van der Waals surface area (Å²) in [6.45, 7) is 4.47. The Labute approximate surface area is 135 Å². The van der Waals surface area contributed by atoms with E-state index in [4.69, 9.17) is 9.26 Å². The first-order chi connectivity index (χ1) is 11.3. The van der Waals surface area contributed by atoms with Crippen LogP contribution in [0.5, 0.6) is 5.88 Å². The third-order valence-electron chi connectivity index (χ3n) is 4.81. The maximum absolute atomic E-state index is 5.84. The Hall–Kier alpha value is -2.11. The van der Waals surface area contributed by atoms with Crippen molar-refractivity contribution < 1.29 is 9.26 Å². The second-order valence-electron chi connectivity index (χ2n) is 6.64. The third kappa shape index (κ3) is 3.16. The van der Waals surface area contributed by atoms with Gasteiger partial charge in [0.1, 0.15) is 5.76 Å². The van der Waals surface area contributed by atoms with Gasteiger partial charge < -0.3 is 14.2 Å². The predicted octanol–water partition coefficient (Wildman–Crippen LogP) is 2.95. The first-order valence-electron chi connectivity index (χ1n) is 8.41. The maximum atomic E-state index is 5.84. The van der Waals surface area contributed by atoms with E-state index in [0.717, 1.165) is 37.0 Å². The van der Waals surface area contributed by atoms with Crippen LogP contribution in [0.25, 0.3) is 0 Å². The van der Waals surface area contributed by atoms with Crippen LogP contribution in [0, 0.1) is 12.8 Å². The molecule has 1 saturated heterocycles. The molecule has 2 aromatic rings. The Bertz CT molecular complexity index is 660. The second kappa shape index (κ2) is 6.18. The van der Waals surface area contributed by atoms with Crippen LogP contribution in [-0.2, 0) is 0 Å². The van der Waals surface area contributed by atoms with Crippen LogP contribution in [0.1, 0.15) is 43.1 Å². The van der Waals surface area contributed by atoms with Crippen LogP contribution in [0.4, 0.5) is 5.82 Å². The Morgan fingerprint density at radius 1 is 1.26 bits per heavy atom. The number of aromatic nitrogens is 3. The number of aryl methyl sites for hydroxylation is 1. The lowest BCUT2D eigenvalue weighted by molar-refractivity contribution is 0.242. The zero-order valence-corrected chi connectivity index (χ0v) is 13.4. The maximum Gasteiger partial charge on any atom is 0.234 e. The largest absolute Gasteiger partial charge is 0.476 e. The minimum atomic E-state index is 0.414. The number of ether oxygens (including phenoxy) is 1. The van der Waals surface area contributed by atoms with Crippen LogP contribution in [0.2, 0.25) is 0 Å². The van der Waals surface area contributed by atoms with Crippen molar-refractivity contribution in [2.24, 2.45) is 5.92 Å². The van der Waals surface area contributed by atoms with Crippen molar-refractivity contribution in [1.29, 1.82) is 0 Å². The smallest absolute Gasteiger partial charge is 0.234 e. The summed E-state index contributed by atoms with van der Waals surface area (Å²) in [7, 11) is 0. The molecule has 4 rings (SSSR count). The molecule has 2 fully saturated rings. The standard InChI is InChI=1S/C17H22N4O2/c1-12-6-15(20-23-12)14-9-21(10-14)16-7-18-8-17(19-16)22-11-13-4-2-3-5-13/h6-8,13-14H,2-5,9-11H2,1H3. The number of anilines is 1. The first kappa shape index (κ1) is 14.5. The number of hydrogen-bond donors (Lipinski definition) is 0. The molecule has 0 bridgehead atoms. The van der Waals surface area contributed by atoms with E-state index < -0.39 is 0 Å². The lowest BCUT2D eigenvalue weighted by Gasteiger charge is -2.38. The normalized spacial score (nSPS) is 19.1. The minimum Gasteiger partial charge on any atom is -0.476 e. The van der Waals surface area contributed by atoms with E-state index in [2.05, 4.69) is 20.0 Å². The van der Waals surface area contributed by atoms with Crippen LogP contribution in [0.15, 0.2) is 23.0 Å². The zero-order chi connectivity index (χ0) is 15.6. The number of nitrogens with zero attached hydrogens (tertiary/aromatic N) is 4. The molecule has 2 aromatic heterocycles. The molecular formula is C17H22N4O2. The molecule has 1 aliphatic carbocycles. The molecular weight excluding hydrogens is 292 g/mol. The van der Waals surface area contributed by atoms with Crippen LogP contribution >= 0.6 is 0 Å². The van der Waals surface area contributed by atoms with Gasteiger partial charge in [0, 0.05) is 25.1 Å². The molecule has 23 heavy (non-hydrogen) atoms. The summed E-state index contributed by atoms with van der Waals surface area (Å²) in [5.74, 6) is 3.47. The van der Waals surface area contributed by atoms with Gasteiger partial charge in [-0.1, -0.05) is 18.0 Å². The first-order valence-corrected chi connectivity index (χ1v) is 8.41. The van der Waals surface area contributed by atoms with Crippen molar-refractivity contribution in [3.63, 3.8) is 0 Å². The van der Waals surface area contributed by atoms with Gasteiger partial charge in [-0.25, -0.2) is 0 Å². The van der Waals surface area contributed by atoms with Crippen molar-refractivity contribution >= 4 is 5.82 Å². The molecule has 0 atom stereocenters. The van der Waals surface area contributed by atoms with E-state index in [1.54, 1.807) is 12.4 Å². The Balaban J connectivity index is 1.34. The average molecular weight is 314 g/mol.